The molecule has 1 aromatic heterocycles. The number of nitrogens with zero attached hydrogens (tertiary/aromatic N) is 4. The van der Waals surface area contributed by atoms with E-state index in [1.807, 2.05) is 22.9 Å². The first-order valence-electron chi connectivity index (χ1n) is 9.06. The summed E-state index contributed by atoms with van der Waals surface area (Å²) in [6.07, 6.45) is 6.35. The second-order valence-electron chi connectivity index (χ2n) is 6.14. The van der Waals surface area contributed by atoms with Crippen molar-refractivity contribution in [2.75, 3.05) is 26.2 Å². The van der Waals surface area contributed by atoms with Crippen molar-refractivity contribution in [3.63, 3.8) is 0 Å². The molecule has 5 heteroatoms. The van der Waals surface area contributed by atoms with Crippen LogP contribution in [0.3, 0.4) is 0 Å². The molecule has 5 nitrogen and oxygen atoms in total. The molecule has 2 rings (SSSR count). The lowest BCUT2D eigenvalue weighted by Gasteiger charge is -2.21. The summed E-state index contributed by atoms with van der Waals surface area (Å²) in [7, 11) is 0. The Hall–Kier alpha value is -1.46. The molecule has 128 valence electrons. The Balaban J connectivity index is 1.67. The Morgan fingerprint density at radius 2 is 1.70 bits per heavy atom. The standard InChI is InChI=1S/C18H31N5/c1-3-5-13-22(14-6-4-2)15-9-12-19-16-23-18-11-8-7-10-17(18)20-21-23/h7-8,10-11,19H,3-6,9,12-16H2,1-2H3. The van der Waals surface area contributed by atoms with Crippen LogP contribution in [-0.4, -0.2) is 46.1 Å². The summed E-state index contributed by atoms with van der Waals surface area (Å²) in [5, 5.41) is 11.9. The van der Waals surface area contributed by atoms with Crippen LogP contribution in [-0.2, 0) is 6.67 Å². The predicted molar refractivity (Wildman–Crippen MR) is 96.4 cm³/mol. The van der Waals surface area contributed by atoms with E-state index in [-0.39, 0.29) is 0 Å². The van der Waals surface area contributed by atoms with Crippen molar-refractivity contribution in [3.05, 3.63) is 24.3 Å². The Labute approximate surface area is 140 Å². The van der Waals surface area contributed by atoms with Crippen LogP contribution < -0.4 is 5.32 Å². The zero-order valence-electron chi connectivity index (χ0n) is 14.7. The van der Waals surface area contributed by atoms with E-state index >= 15 is 0 Å². The molecular weight excluding hydrogens is 286 g/mol. The summed E-state index contributed by atoms with van der Waals surface area (Å²) in [4.78, 5) is 2.61. The zero-order valence-corrected chi connectivity index (χ0v) is 14.7. The number of nitrogens with one attached hydrogen (secondary N) is 1. The number of hydrogen-bond acceptors (Lipinski definition) is 4. The summed E-state index contributed by atoms with van der Waals surface area (Å²) in [6.45, 7) is 9.94. The Morgan fingerprint density at radius 1 is 1.00 bits per heavy atom. The minimum atomic E-state index is 0.727. The number of benzene rings is 1. The molecule has 1 N–H and O–H groups in total. The molecule has 0 amide bonds. The second kappa shape index (κ2) is 10.3. The Bertz CT molecular complexity index is 543. The fourth-order valence-corrected chi connectivity index (χ4v) is 2.75. The summed E-state index contributed by atoms with van der Waals surface area (Å²) in [5.41, 5.74) is 2.05. The first-order chi connectivity index (χ1) is 11.3. The molecule has 1 heterocycles. The molecule has 0 saturated heterocycles. The van der Waals surface area contributed by atoms with Crippen molar-refractivity contribution in [3.8, 4) is 0 Å². The average molecular weight is 317 g/mol. The highest BCUT2D eigenvalue weighted by Gasteiger charge is 2.04. The third-order valence-electron chi connectivity index (χ3n) is 4.17. The van der Waals surface area contributed by atoms with E-state index in [4.69, 9.17) is 0 Å². The minimum Gasteiger partial charge on any atom is -0.303 e. The number of hydrogen-bond donors (Lipinski definition) is 1. The number of unbranched alkanes of at least 4 members (excludes halogenated alkanes) is 2. The first-order valence-corrected chi connectivity index (χ1v) is 9.06. The van der Waals surface area contributed by atoms with E-state index in [0.717, 1.165) is 24.2 Å². The molecular formula is C18H31N5. The fourth-order valence-electron chi connectivity index (χ4n) is 2.75. The van der Waals surface area contributed by atoms with E-state index in [1.165, 1.54) is 51.7 Å². The van der Waals surface area contributed by atoms with Gasteiger partial charge in [-0.15, -0.1) is 5.10 Å². The van der Waals surface area contributed by atoms with Crippen molar-refractivity contribution in [2.24, 2.45) is 0 Å². The van der Waals surface area contributed by atoms with Gasteiger partial charge in [0, 0.05) is 0 Å². The van der Waals surface area contributed by atoms with Crippen molar-refractivity contribution in [2.45, 2.75) is 52.6 Å². The quantitative estimate of drug-likeness (QED) is 0.610. The zero-order chi connectivity index (χ0) is 16.3. The molecule has 0 atom stereocenters. The van der Waals surface area contributed by atoms with Gasteiger partial charge in [-0.3, -0.25) is 5.32 Å². The van der Waals surface area contributed by atoms with Crippen LogP contribution in [0.15, 0.2) is 24.3 Å². The van der Waals surface area contributed by atoms with Crippen LogP contribution in [0.5, 0.6) is 0 Å². The van der Waals surface area contributed by atoms with Crippen molar-refractivity contribution in [1.82, 2.24) is 25.2 Å². The molecule has 23 heavy (non-hydrogen) atoms. The molecule has 0 aliphatic carbocycles. The predicted octanol–water partition coefficient (Wildman–Crippen LogP) is 3.27. The second-order valence-corrected chi connectivity index (χ2v) is 6.14. The van der Waals surface area contributed by atoms with Crippen molar-refractivity contribution in [1.29, 1.82) is 0 Å². The SMILES string of the molecule is CCCCN(CCCC)CCCNCn1nnc2ccccc21. The van der Waals surface area contributed by atoms with Gasteiger partial charge in [-0.2, -0.15) is 0 Å². The van der Waals surface area contributed by atoms with Gasteiger partial charge in [-0.25, -0.2) is 4.68 Å². The van der Waals surface area contributed by atoms with Gasteiger partial charge >= 0.3 is 0 Å². The highest BCUT2D eigenvalue weighted by Crippen LogP contribution is 2.08. The van der Waals surface area contributed by atoms with Crippen LogP contribution >= 0.6 is 0 Å². The van der Waals surface area contributed by atoms with Gasteiger partial charge in [-0.05, 0) is 57.6 Å². The lowest BCUT2D eigenvalue weighted by Crippen LogP contribution is -2.30. The van der Waals surface area contributed by atoms with Gasteiger partial charge in [0.25, 0.3) is 0 Å². The molecule has 0 aliphatic rings. The van der Waals surface area contributed by atoms with E-state index in [2.05, 4.69) is 40.4 Å². The topological polar surface area (TPSA) is 46.0 Å². The number of para-hydroxylation sites is 1. The fraction of sp³-hybridized carbons (Fsp3) is 0.667. The van der Waals surface area contributed by atoms with E-state index in [1.54, 1.807) is 0 Å². The van der Waals surface area contributed by atoms with E-state index < -0.39 is 0 Å². The van der Waals surface area contributed by atoms with Crippen LogP contribution in [0, 0.1) is 0 Å². The molecule has 0 aliphatic heterocycles. The van der Waals surface area contributed by atoms with Gasteiger partial charge < -0.3 is 4.90 Å². The van der Waals surface area contributed by atoms with Crippen LogP contribution in [0.4, 0.5) is 0 Å². The smallest absolute Gasteiger partial charge is 0.113 e. The van der Waals surface area contributed by atoms with Crippen LogP contribution in [0.25, 0.3) is 11.0 Å². The summed E-state index contributed by atoms with van der Waals surface area (Å²) in [6, 6.07) is 8.09. The Morgan fingerprint density at radius 3 is 2.43 bits per heavy atom. The largest absolute Gasteiger partial charge is 0.303 e. The van der Waals surface area contributed by atoms with Gasteiger partial charge in [0.05, 0.1) is 12.2 Å². The molecule has 0 unspecified atom stereocenters. The summed E-state index contributed by atoms with van der Waals surface area (Å²) in [5.74, 6) is 0. The van der Waals surface area contributed by atoms with Crippen molar-refractivity contribution < 1.29 is 0 Å². The monoisotopic (exact) mass is 317 g/mol. The highest BCUT2D eigenvalue weighted by atomic mass is 15.4. The van der Waals surface area contributed by atoms with Crippen LogP contribution in [0.1, 0.15) is 46.0 Å². The molecule has 0 bridgehead atoms. The first kappa shape index (κ1) is 17.9. The Kier molecular flexibility index (Phi) is 8.04. The lowest BCUT2D eigenvalue weighted by atomic mass is 10.2. The van der Waals surface area contributed by atoms with Crippen LogP contribution in [0.2, 0.25) is 0 Å². The molecule has 1 aromatic carbocycles. The van der Waals surface area contributed by atoms with E-state index in [0.29, 0.717) is 0 Å². The lowest BCUT2D eigenvalue weighted by molar-refractivity contribution is 0.260. The normalized spacial score (nSPS) is 11.6. The summed E-state index contributed by atoms with van der Waals surface area (Å²) >= 11 is 0. The third kappa shape index (κ3) is 5.92. The molecule has 0 saturated carbocycles. The number of fused-ring (bicyclic) bond motifs is 1. The number of aromatic nitrogens is 3. The molecule has 0 spiro atoms. The van der Waals surface area contributed by atoms with Gasteiger partial charge in [0.2, 0.25) is 0 Å². The van der Waals surface area contributed by atoms with Gasteiger partial charge in [0.1, 0.15) is 5.52 Å². The summed E-state index contributed by atoms with van der Waals surface area (Å²) < 4.78 is 1.93. The maximum absolute atomic E-state index is 4.20. The van der Waals surface area contributed by atoms with Gasteiger partial charge in [-0.1, -0.05) is 44.0 Å². The average Bonchev–Trinajstić information content (AvgIpc) is 2.99. The third-order valence-corrected chi connectivity index (χ3v) is 4.17. The number of rotatable bonds is 12. The maximum atomic E-state index is 4.20. The highest BCUT2D eigenvalue weighted by molar-refractivity contribution is 5.73. The maximum Gasteiger partial charge on any atom is 0.113 e. The molecule has 0 radical (unpaired) electrons. The van der Waals surface area contributed by atoms with E-state index in [9.17, 15) is 0 Å². The van der Waals surface area contributed by atoms with Crippen molar-refractivity contribution >= 4 is 11.0 Å². The van der Waals surface area contributed by atoms with Gasteiger partial charge in [0.15, 0.2) is 0 Å². The molecule has 0 fully saturated rings. The minimum absolute atomic E-state index is 0.727. The molecule has 2 aromatic rings.